The van der Waals surface area contributed by atoms with Crippen LogP contribution in [0.4, 0.5) is 5.88 Å². The van der Waals surface area contributed by atoms with Crippen molar-refractivity contribution in [3.63, 3.8) is 0 Å². The average Bonchev–Trinajstić information content (AvgIpc) is 3.36. The van der Waals surface area contributed by atoms with Crippen LogP contribution >= 0.6 is 27.3 Å². The summed E-state index contributed by atoms with van der Waals surface area (Å²) in [6, 6.07) is 6.25. The highest BCUT2D eigenvalue weighted by Crippen LogP contribution is 2.37. The number of carbonyl (C=O) groups excluding carboxylic acids is 1. The lowest BCUT2D eigenvalue weighted by Gasteiger charge is -2.26. The summed E-state index contributed by atoms with van der Waals surface area (Å²) in [5.74, 6) is 1.66. The average molecular weight is 576 g/mol. The highest BCUT2D eigenvalue weighted by atomic mass is 79.9. The van der Waals surface area contributed by atoms with E-state index in [-0.39, 0.29) is 17.7 Å². The van der Waals surface area contributed by atoms with E-state index in [1.54, 1.807) is 51.3 Å². The van der Waals surface area contributed by atoms with Crippen LogP contribution in [0, 0.1) is 0 Å². The molecule has 0 saturated heterocycles. The third kappa shape index (κ3) is 4.60. The molecule has 190 valence electrons. The Kier molecular flexibility index (Phi) is 7.41. The Morgan fingerprint density at radius 3 is 2.64 bits per heavy atom. The Labute approximate surface area is 220 Å². The Balaban J connectivity index is 1.97. The topological polar surface area (TPSA) is 95.5 Å². The smallest absolute Gasteiger partial charge is 0.338 e. The fraction of sp³-hybridized carbons (Fsp3) is 0.320. The zero-order valence-corrected chi connectivity index (χ0v) is 23.2. The van der Waals surface area contributed by atoms with Crippen molar-refractivity contribution in [2.75, 3.05) is 39.8 Å². The normalized spacial score (nSPS) is 15.4. The number of allylic oxidation sites excluding steroid dienone is 1. The summed E-state index contributed by atoms with van der Waals surface area (Å²) in [6.45, 7) is 3.66. The Hall–Kier alpha value is -3.31. The molecule has 0 amide bonds. The number of rotatable bonds is 7. The van der Waals surface area contributed by atoms with Crippen molar-refractivity contribution in [2.45, 2.75) is 19.9 Å². The molecule has 2 aromatic heterocycles. The molecule has 9 nitrogen and oxygen atoms in total. The molecule has 0 N–H and O–H groups in total. The summed E-state index contributed by atoms with van der Waals surface area (Å²) in [7, 11) is 6.81. The van der Waals surface area contributed by atoms with Crippen molar-refractivity contribution < 1.29 is 23.4 Å². The number of hydrogen-bond acceptors (Lipinski definition) is 9. The van der Waals surface area contributed by atoms with E-state index in [2.05, 4.69) is 20.9 Å². The number of aromatic nitrogens is 1. The van der Waals surface area contributed by atoms with Crippen LogP contribution in [-0.4, -0.2) is 45.5 Å². The number of carbonyl (C=O) groups is 1. The van der Waals surface area contributed by atoms with E-state index in [4.69, 9.17) is 18.6 Å². The number of methoxy groups -OCH3 is 2. The molecule has 1 aliphatic rings. The highest BCUT2D eigenvalue weighted by Gasteiger charge is 2.35. The van der Waals surface area contributed by atoms with Gasteiger partial charge in [0.25, 0.3) is 5.56 Å². The van der Waals surface area contributed by atoms with E-state index in [1.807, 2.05) is 19.0 Å². The maximum absolute atomic E-state index is 13.8. The summed E-state index contributed by atoms with van der Waals surface area (Å²) < 4.78 is 24.9. The van der Waals surface area contributed by atoms with Crippen LogP contribution in [0.1, 0.15) is 31.2 Å². The summed E-state index contributed by atoms with van der Waals surface area (Å²) in [6.07, 6.45) is 1.67. The molecule has 1 aromatic carbocycles. The van der Waals surface area contributed by atoms with Crippen molar-refractivity contribution in [3.05, 3.63) is 71.0 Å². The lowest BCUT2D eigenvalue weighted by molar-refractivity contribution is -0.139. The molecule has 11 heteroatoms. The zero-order chi connectivity index (χ0) is 26.1. The third-order valence-corrected chi connectivity index (χ3v) is 7.17. The van der Waals surface area contributed by atoms with Crippen molar-refractivity contribution in [1.82, 2.24) is 4.57 Å². The van der Waals surface area contributed by atoms with Crippen LogP contribution < -0.4 is 29.3 Å². The van der Waals surface area contributed by atoms with Crippen LogP contribution in [0.3, 0.4) is 0 Å². The molecule has 1 atom stereocenters. The molecule has 0 aliphatic carbocycles. The van der Waals surface area contributed by atoms with E-state index in [1.165, 1.54) is 23.0 Å². The Morgan fingerprint density at radius 1 is 1.28 bits per heavy atom. The van der Waals surface area contributed by atoms with Gasteiger partial charge in [0, 0.05) is 37.9 Å². The quantitative estimate of drug-likeness (QED) is 0.399. The second kappa shape index (κ2) is 10.4. The van der Waals surface area contributed by atoms with Gasteiger partial charge in [-0.2, -0.15) is 0 Å². The second-order valence-corrected chi connectivity index (χ2v) is 9.97. The number of ether oxygens (including phenoxy) is 3. The molecular formula is C25H26BrN3O6S. The predicted molar refractivity (Wildman–Crippen MR) is 141 cm³/mol. The molecule has 0 fully saturated rings. The number of anilines is 1. The third-order valence-electron chi connectivity index (χ3n) is 5.62. The fourth-order valence-electron chi connectivity index (χ4n) is 4.01. The molecule has 0 saturated carbocycles. The maximum atomic E-state index is 13.8. The summed E-state index contributed by atoms with van der Waals surface area (Å²) in [4.78, 5) is 33.7. The van der Waals surface area contributed by atoms with Crippen LogP contribution in [-0.2, 0) is 9.53 Å². The standard InChI is InChI=1S/C25H26BrN3O6S/c1-7-34-24(31)20-13(2)27-25-29(21(20)16-9-8-14(32-5)11-18(16)33-6)22(30)19(36-25)12-15-10-17(26)23(35-15)28(3)4/h8-12,21H,7H2,1-6H3/b19-12+/t21-/m1/s1. The number of benzene rings is 1. The second-order valence-electron chi connectivity index (χ2n) is 8.11. The lowest BCUT2D eigenvalue weighted by Crippen LogP contribution is -2.40. The van der Waals surface area contributed by atoms with Gasteiger partial charge in [-0.3, -0.25) is 9.36 Å². The number of esters is 1. The molecule has 0 spiro atoms. The first-order valence-electron chi connectivity index (χ1n) is 11.1. The van der Waals surface area contributed by atoms with Gasteiger partial charge in [0.15, 0.2) is 4.80 Å². The summed E-state index contributed by atoms with van der Waals surface area (Å²) in [5.41, 5.74) is 1.04. The monoisotopic (exact) mass is 575 g/mol. The number of nitrogens with zero attached hydrogens (tertiary/aromatic N) is 3. The van der Waals surface area contributed by atoms with Gasteiger partial charge in [-0.25, -0.2) is 9.79 Å². The molecule has 1 aliphatic heterocycles. The van der Waals surface area contributed by atoms with E-state index in [0.717, 1.165) is 4.47 Å². The zero-order valence-electron chi connectivity index (χ0n) is 20.7. The van der Waals surface area contributed by atoms with Gasteiger partial charge in [-0.05, 0) is 41.9 Å². The Morgan fingerprint density at radius 2 is 2.03 bits per heavy atom. The van der Waals surface area contributed by atoms with Gasteiger partial charge in [-0.15, -0.1) is 0 Å². The largest absolute Gasteiger partial charge is 0.497 e. The van der Waals surface area contributed by atoms with Gasteiger partial charge >= 0.3 is 5.97 Å². The first-order chi connectivity index (χ1) is 17.2. The van der Waals surface area contributed by atoms with Gasteiger partial charge in [0.2, 0.25) is 5.88 Å². The van der Waals surface area contributed by atoms with Crippen molar-refractivity contribution in [3.8, 4) is 11.5 Å². The number of furan rings is 1. The maximum Gasteiger partial charge on any atom is 0.338 e. The lowest BCUT2D eigenvalue weighted by atomic mass is 9.95. The molecule has 4 rings (SSSR count). The van der Waals surface area contributed by atoms with Crippen LogP contribution in [0.25, 0.3) is 6.08 Å². The molecule has 0 bridgehead atoms. The first kappa shape index (κ1) is 25.8. The van der Waals surface area contributed by atoms with Gasteiger partial charge in [0.05, 0.1) is 41.1 Å². The van der Waals surface area contributed by atoms with Crippen LogP contribution in [0.5, 0.6) is 11.5 Å². The molecule has 0 unspecified atom stereocenters. The number of thiazole rings is 1. The van der Waals surface area contributed by atoms with Crippen LogP contribution in [0.15, 0.2) is 54.2 Å². The molecule has 3 heterocycles. The molecule has 3 aromatic rings. The summed E-state index contributed by atoms with van der Waals surface area (Å²) >= 11 is 4.70. The molecule has 36 heavy (non-hydrogen) atoms. The van der Waals surface area contributed by atoms with Gasteiger partial charge in [0.1, 0.15) is 23.3 Å². The van der Waals surface area contributed by atoms with E-state index in [9.17, 15) is 9.59 Å². The number of fused-ring (bicyclic) bond motifs is 1. The minimum Gasteiger partial charge on any atom is -0.497 e. The van der Waals surface area contributed by atoms with Crippen molar-refractivity contribution in [2.24, 2.45) is 4.99 Å². The summed E-state index contributed by atoms with van der Waals surface area (Å²) in [5, 5.41) is 0. The van der Waals surface area contributed by atoms with E-state index >= 15 is 0 Å². The van der Waals surface area contributed by atoms with Crippen LogP contribution in [0.2, 0.25) is 0 Å². The SMILES string of the molecule is CCOC(=O)C1=C(C)N=c2s/c(=C/c3cc(Br)c(N(C)C)o3)c(=O)n2[C@@H]1c1ccc(OC)cc1OC. The Bertz CT molecular complexity index is 1530. The fourth-order valence-corrected chi connectivity index (χ4v) is 5.70. The van der Waals surface area contributed by atoms with Crippen molar-refractivity contribution in [1.29, 1.82) is 0 Å². The minimum atomic E-state index is -0.802. The predicted octanol–water partition coefficient (Wildman–Crippen LogP) is 3.24. The van der Waals surface area contributed by atoms with E-state index < -0.39 is 12.0 Å². The minimum absolute atomic E-state index is 0.189. The number of hydrogen-bond donors (Lipinski definition) is 0. The van der Waals surface area contributed by atoms with Gasteiger partial charge < -0.3 is 23.5 Å². The van der Waals surface area contributed by atoms with Gasteiger partial charge in [-0.1, -0.05) is 11.3 Å². The number of halogens is 1. The first-order valence-corrected chi connectivity index (χ1v) is 12.7. The molecule has 0 radical (unpaired) electrons. The van der Waals surface area contributed by atoms with E-state index in [0.29, 0.717) is 43.7 Å². The van der Waals surface area contributed by atoms with Crippen molar-refractivity contribution >= 4 is 45.2 Å². The highest BCUT2D eigenvalue weighted by molar-refractivity contribution is 9.10. The molecular weight excluding hydrogens is 550 g/mol.